The number of hydrogen-bond acceptors (Lipinski definition) is 2. The van der Waals surface area contributed by atoms with E-state index in [0.717, 1.165) is 10.8 Å². The van der Waals surface area contributed by atoms with Crippen LogP contribution in [-0.4, -0.2) is 11.3 Å². The summed E-state index contributed by atoms with van der Waals surface area (Å²) in [7, 11) is 0. The molecule has 1 aromatic heterocycles. The Morgan fingerprint density at radius 2 is 2.07 bits per heavy atom. The van der Waals surface area contributed by atoms with Gasteiger partial charge in [0.15, 0.2) is 6.29 Å². The lowest BCUT2D eigenvalue weighted by atomic mass is 10.1. The number of carbonyl (C=O) groups excluding carboxylic acids is 1. The van der Waals surface area contributed by atoms with Crippen LogP contribution in [-0.2, 0) is 0 Å². The summed E-state index contributed by atoms with van der Waals surface area (Å²) in [5.41, 5.74) is 0.381. The summed E-state index contributed by atoms with van der Waals surface area (Å²) >= 11 is 11.6. The average Bonchev–Trinajstić information content (AvgIpc) is 2.17. The predicted octanol–water partition coefficient (Wildman–Crippen LogP) is 3.35. The topological polar surface area (TPSA) is 30.0 Å². The number of fused-ring (bicyclic) bond motifs is 1. The minimum Gasteiger partial charge on any atom is -0.298 e. The minimum atomic E-state index is 0.203. The van der Waals surface area contributed by atoms with Crippen molar-refractivity contribution in [1.29, 1.82) is 0 Å². The molecule has 0 spiro atoms. The van der Waals surface area contributed by atoms with Gasteiger partial charge in [-0.25, -0.2) is 4.98 Å². The molecular formula is C10H5Cl2NO. The van der Waals surface area contributed by atoms with E-state index < -0.39 is 0 Å². The summed E-state index contributed by atoms with van der Waals surface area (Å²) in [5.74, 6) is 0. The van der Waals surface area contributed by atoms with Crippen LogP contribution in [0.4, 0.5) is 0 Å². The molecule has 0 atom stereocenters. The van der Waals surface area contributed by atoms with Crippen LogP contribution in [0.15, 0.2) is 24.4 Å². The molecule has 0 aliphatic heterocycles. The van der Waals surface area contributed by atoms with Gasteiger partial charge in [-0.2, -0.15) is 0 Å². The summed E-state index contributed by atoms with van der Waals surface area (Å²) in [6, 6.07) is 5.25. The maximum absolute atomic E-state index is 10.8. The van der Waals surface area contributed by atoms with Gasteiger partial charge in [0.25, 0.3) is 0 Å². The summed E-state index contributed by atoms with van der Waals surface area (Å²) in [5, 5.41) is 2.35. The molecule has 14 heavy (non-hydrogen) atoms. The van der Waals surface area contributed by atoms with Crippen molar-refractivity contribution in [2.75, 3.05) is 0 Å². The first-order chi connectivity index (χ1) is 6.72. The van der Waals surface area contributed by atoms with Crippen LogP contribution < -0.4 is 0 Å². The van der Waals surface area contributed by atoms with Crippen LogP contribution >= 0.6 is 23.2 Å². The first-order valence-corrected chi connectivity index (χ1v) is 4.67. The number of nitrogens with zero attached hydrogens (tertiary/aromatic N) is 1. The van der Waals surface area contributed by atoms with Crippen molar-refractivity contribution in [3.63, 3.8) is 0 Å². The van der Waals surface area contributed by atoms with Crippen molar-refractivity contribution in [2.45, 2.75) is 0 Å². The van der Waals surface area contributed by atoms with Gasteiger partial charge in [-0.15, -0.1) is 0 Å². The van der Waals surface area contributed by atoms with Crippen LogP contribution in [0, 0.1) is 0 Å². The van der Waals surface area contributed by atoms with Gasteiger partial charge in [0.1, 0.15) is 5.15 Å². The smallest absolute Gasteiger partial charge is 0.153 e. The fraction of sp³-hybridized carbons (Fsp3) is 0. The maximum Gasteiger partial charge on any atom is 0.153 e. The predicted molar refractivity (Wildman–Crippen MR) is 57.2 cm³/mol. The Bertz CT molecular complexity index is 505. The average molecular weight is 226 g/mol. The lowest BCUT2D eigenvalue weighted by Crippen LogP contribution is -1.88. The van der Waals surface area contributed by atoms with E-state index in [1.165, 1.54) is 0 Å². The first kappa shape index (κ1) is 9.44. The highest BCUT2D eigenvalue weighted by atomic mass is 35.5. The Morgan fingerprint density at radius 3 is 2.79 bits per heavy atom. The van der Waals surface area contributed by atoms with Crippen molar-refractivity contribution in [2.24, 2.45) is 0 Å². The quantitative estimate of drug-likeness (QED) is 0.551. The summed E-state index contributed by atoms with van der Waals surface area (Å²) in [4.78, 5) is 14.7. The molecule has 0 bridgehead atoms. The third-order valence-corrected chi connectivity index (χ3v) is 2.50. The number of pyridine rings is 1. The van der Waals surface area contributed by atoms with E-state index in [0.29, 0.717) is 16.9 Å². The van der Waals surface area contributed by atoms with Gasteiger partial charge in [0.2, 0.25) is 0 Å². The van der Waals surface area contributed by atoms with Crippen LogP contribution in [0.25, 0.3) is 10.8 Å². The largest absolute Gasteiger partial charge is 0.298 e. The van der Waals surface area contributed by atoms with Crippen LogP contribution in [0.1, 0.15) is 10.4 Å². The van der Waals surface area contributed by atoms with E-state index in [9.17, 15) is 4.79 Å². The van der Waals surface area contributed by atoms with E-state index in [1.54, 1.807) is 24.4 Å². The second-order valence-corrected chi connectivity index (χ2v) is 3.61. The molecule has 70 valence electrons. The van der Waals surface area contributed by atoms with Crippen LogP contribution in [0.5, 0.6) is 0 Å². The van der Waals surface area contributed by atoms with Crippen molar-refractivity contribution < 1.29 is 4.79 Å². The van der Waals surface area contributed by atoms with E-state index in [2.05, 4.69) is 4.98 Å². The van der Waals surface area contributed by atoms with Crippen LogP contribution in [0.2, 0.25) is 10.2 Å². The Labute approximate surface area is 90.5 Å². The fourth-order valence-corrected chi connectivity index (χ4v) is 1.66. The van der Waals surface area contributed by atoms with Gasteiger partial charge >= 0.3 is 0 Å². The van der Waals surface area contributed by atoms with E-state index in [4.69, 9.17) is 23.2 Å². The molecule has 1 aromatic carbocycles. The molecule has 0 radical (unpaired) electrons. The number of benzene rings is 1. The molecule has 0 aliphatic carbocycles. The van der Waals surface area contributed by atoms with Gasteiger partial charge in [-0.05, 0) is 17.5 Å². The van der Waals surface area contributed by atoms with Gasteiger partial charge in [-0.3, -0.25) is 4.79 Å². The van der Waals surface area contributed by atoms with Gasteiger partial charge < -0.3 is 0 Å². The number of aromatic nitrogens is 1. The van der Waals surface area contributed by atoms with E-state index in [1.807, 2.05) is 0 Å². The van der Waals surface area contributed by atoms with Gasteiger partial charge in [0.05, 0.1) is 5.56 Å². The Balaban J connectivity index is 2.91. The maximum atomic E-state index is 10.8. The zero-order valence-electron chi connectivity index (χ0n) is 7.00. The second kappa shape index (κ2) is 3.56. The molecule has 0 amide bonds. The molecule has 0 fully saturated rings. The zero-order valence-corrected chi connectivity index (χ0v) is 8.51. The molecule has 2 rings (SSSR count). The third kappa shape index (κ3) is 1.47. The van der Waals surface area contributed by atoms with Gasteiger partial charge in [0, 0.05) is 16.6 Å². The summed E-state index contributed by atoms with van der Waals surface area (Å²) in [6.07, 6.45) is 2.30. The van der Waals surface area contributed by atoms with Crippen molar-refractivity contribution >= 4 is 40.3 Å². The lowest BCUT2D eigenvalue weighted by Gasteiger charge is -2.02. The summed E-state index contributed by atoms with van der Waals surface area (Å²) < 4.78 is 0. The molecular weight excluding hydrogens is 221 g/mol. The molecule has 4 heteroatoms. The Hall–Kier alpha value is -1.12. The fourth-order valence-electron chi connectivity index (χ4n) is 1.29. The molecule has 0 saturated carbocycles. The number of hydrogen-bond donors (Lipinski definition) is 0. The SMILES string of the molecule is O=Cc1c(Cl)ncc2ccc(Cl)cc12. The summed E-state index contributed by atoms with van der Waals surface area (Å²) in [6.45, 7) is 0. The number of rotatable bonds is 1. The van der Waals surface area contributed by atoms with E-state index >= 15 is 0 Å². The first-order valence-electron chi connectivity index (χ1n) is 3.91. The minimum absolute atomic E-state index is 0.203. The normalized spacial score (nSPS) is 10.4. The van der Waals surface area contributed by atoms with Crippen molar-refractivity contribution in [1.82, 2.24) is 4.98 Å². The number of halogens is 2. The monoisotopic (exact) mass is 225 g/mol. The lowest BCUT2D eigenvalue weighted by molar-refractivity contribution is 0.112. The molecule has 1 heterocycles. The zero-order chi connectivity index (χ0) is 10.1. The highest BCUT2D eigenvalue weighted by Gasteiger charge is 2.06. The molecule has 0 saturated heterocycles. The third-order valence-electron chi connectivity index (χ3n) is 1.96. The second-order valence-electron chi connectivity index (χ2n) is 2.81. The van der Waals surface area contributed by atoms with Gasteiger partial charge in [-0.1, -0.05) is 29.3 Å². The Morgan fingerprint density at radius 1 is 1.29 bits per heavy atom. The molecule has 2 nitrogen and oxygen atoms in total. The molecule has 0 aliphatic rings. The van der Waals surface area contributed by atoms with E-state index in [-0.39, 0.29) is 5.15 Å². The highest BCUT2D eigenvalue weighted by Crippen LogP contribution is 2.25. The standard InChI is InChI=1S/C10H5Cl2NO/c11-7-2-1-6-4-13-10(12)9(5-14)8(6)3-7/h1-5H. The van der Waals surface area contributed by atoms with Crippen LogP contribution in [0.3, 0.4) is 0 Å². The Kier molecular flexibility index (Phi) is 2.40. The highest BCUT2D eigenvalue weighted by molar-refractivity contribution is 6.34. The van der Waals surface area contributed by atoms with Crippen molar-refractivity contribution in [3.8, 4) is 0 Å². The van der Waals surface area contributed by atoms with Crippen molar-refractivity contribution in [3.05, 3.63) is 40.1 Å². The number of aldehydes is 1. The molecule has 2 aromatic rings. The number of carbonyl (C=O) groups is 1. The molecule has 0 unspecified atom stereocenters. The molecule has 0 N–H and O–H groups in total.